The lowest BCUT2D eigenvalue weighted by molar-refractivity contribution is -0.0258. The summed E-state index contributed by atoms with van der Waals surface area (Å²) in [6.45, 7) is 1.17. The molecule has 1 aromatic rings. The smallest absolute Gasteiger partial charge is 0.427 e. The summed E-state index contributed by atoms with van der Waals surface area (Å²) < 4.78 is 6.60. The molecule has 0 radical (unpaired) electrons. The monoisotopic (exact) mass is 270 g/mol. The first-order valence-corrected chi connectivity index (χ1v) is 5.88. The van der Waals surface area contributed by atoms with Gasteiger partial charge in [0.25, 0.3) is 5.56 Å². The van der Waals surface area contributed by atoms with Crippen LogP contribution >= 0.6 is 0 Å². The zero-order chi connectivity index (χ0) is 14.2. The molecule has 0 spiro atoms. The van der Waals surface area contributed by atoms with E-state index in [0.29, 0.717) is 5.56 Å². The molecule has 2 rings (SSSR count). The summed E-state index contributed by atoms with van der Waals surface area (Å²) in [6, 6.07) is 0. The maximum atomic E-state index is 11.7. The molecule has 9 heteroatoms. The van der Waals surface area contributed by atoms with Gasteiger partial charge >= 0.3 is 12.8 Å². The molecule has 104 valence electrons. The standard InChI is InChI=1S/C10H15BN2O6/c1-5-3-13(10(16)12-9(5)15)8-2-6(11(17)18)7(4-14)19-8/h3,6-8,14,17-18H,2,4H2,1H3,(H,12,15,16)/t6-,7+,8+/m0/s1. The number of nitrogens with zero attached hydrogens (tertiary/aromatic N) is 1. The number of rotatable bonds is 3. The van der Waals surface area contributed by atoms with Crippen LogP contribution in [0.5, 0.6) is 0 Å². The predicted octanol–water partition coefficient (Wildman–Crippen LogP) is -2.03. The molecule has 1 fully saturated rings. The van der Waals surface area contributed by atoms with Crippen LogP contribution in [-0.2, 0) is 4.74 Å². The van der Waals surface area contributed by atoms with Crippen molar-refractivity contribution in [2.24, 2.45) is 0 Å². The molecule has 0 unspecified atom stereocenters. The van der Waals surface area contributed by atoms with Gasteiger partial charge in [-0.2, -0.15) is 0 Å². The Morgan fingerprint density at radius 3 is 2.74 bits per heavy atom. The predicted molar refractivity (Wildman–Crippen MR) is 65.6 cm³/mol. The first-order valence-electron chi connectivity index (χ1n) is 5.88. The zero-order valence-corrected chi connectivity index (χ0v) is 10.3. The maximum Gasteiger partial charge on any atom is 0.457 e. The fraction of sp³-hybridized carbons (Fsp3) is 0.600. The number of aliphatic hydroxyl groups excluding tert-OH is 1. The van der Waals surface area contributed by atoms with Crippen LogP contribution in [0.15, 0.2) is 15.8 Å². The molecule has 19 heavy (non-hydrogen) atoms. The Hall–Kier alpha value is -1.42. The van der Waals surface area contributed by atoms with Crippen LogP contribution in [0.1, 0.15) is 18.2 Å². The summed E-state index contributed by atoms with van der Waals surface area (Å²) in [7, 11) is -1.64. The lowest BCUT2D eigenvalue weighted by Crippen LogP contribution is -2.33. The number of aromatic nitrogens is 2. The molecule has 0 aromatic carbocycles. The Labute approximate surface area is 108 Å². The molecule has 1 aromatic heterocycles. The third kappa shape index (κ3) is 2.64. The Morgan fingerprint density at radius 1 is 1.53 bits per heavy atom. The van der Waals surface area contributed by atoms with Gasteiger partial charge in [0.05, 0.1) is 12.7 Å². The number of H-pyrrole nitrogens is 1. The van der Waals surface area contributed by atoms with Crippen LogP contribution in [-0.4, -0.2) is 44.5 Å². The third-order valence-corrected chi connectivity index (χ3v) is 3.30. The van der Waals surface area contributed by atoms with Gasteiger partial charge in [-0.1, -0.05) is 0 Å². The highest BCUT2D eigenvalue weighted by Crippen LogP contribution is 2.37. The Morgan fingerprint density at radius 2 is 2.21 bits per heavy atom. The van der Waals surface area contributed by atoms with E-state index in [1.165, 1.54) is 10.8 Å². The molecule has 1 aliphatic heterocycles. The number of aliphatic hydroxyl groups is 1. The van der Waals surface area contributed by atoms with Gasteiger partial charge in [-0.05, 0) is 13.3 Å². The first-order chi connectivity index (χ1) is 8.93. The molecule has 2 heterocycles. The molecular weight excluding hydrogens is 255 g/mol. The van der Waals surface area contributed by atoms with Gasteiger partial charge in [0, 0.05) is 17.6 Å². The number of nitrogens with one attached hydrogen (secondary N) is 1. The van der Waals surface area contributed by atoms with Crippen molar-refractivity contribution in [1.82, 2.24) is 9.55 Å². The fourth-order valence-electron chi connectivity index (χ4n) is 2.21. The summed E-state index contributed by atoms with van der Waals surface area (Å²) in [4.78, 5) is 25.1. The van der Waals surface area contributed by atoms with E-state index in [1.807, 2.05) is 0 Å². The summed E-state index contributed by atoms with van der Waals surface area (Å²) in [5.41, 5.74) is -0.765. The fourth-order valence-corrected chi connectivity index (χ4v) is 2.21. The number of hydrogen-bond donors (Lipinski definition) is 4. The van der Waals surface area contributed by atoms with E-state index in [9.17, 15) is 19.6 Å². The van der Waals surface area contributed by atoms with E-state index >= 15 is 0 Å². The van der Waals surface area contributed by atoms with Crippen LogP contribution in [0.4, 0.5) is 0 Å². The molecule has 1 aliphatic rings. The highest BCUT2D eigenvalue weighted by molar-refractivity contribution is 6.43. The lowest BCUT2D eigenvalue weighted by Gasteiger charge is -2.15. The minimum Gasteiger partial charge on any atom is -0.427 e. The second-order valence-electron chi connectivity index (χ2n) is 4.60. The maximum absolute atomic E-state index is 11.7. The highest BCUT2D eigenvalue weighted by atomic mass is 16.5. The lowest BCUT2D eigenvalue weighted by atomic mass is 9.69. The number of ether oxygens (including phenoxy) is 1. The van der Waals surface area contributed by atoms with Crippen molar-refractivity contribution in [3.05, 3.63) is 32.6 Å². The van der Waals surface area contributed by atoms with Gasteiger partial charge < -0.3 is 19.9 Å². The zero-order valence-electron chi connectivity index (χ0n) is 10.3. The number of aromatic amines is 1. The molecule has 1 saturated heterocycles. The van der Waals surface area contributed by atoms with Gasteiger partial charge in [0.1, 0.15) is 6.23 Å². The first kappa shape index (κ1) is 14.0. The molecule has 8 nitrogen and oxygen atoms in total. The van der Waals surface area contributed by atoms with E-state index in [0.717, 1.165) is 0 Å². The van der Waals surface area contributed by atoms with E-state index in [4.69, 9.17) is 9.84 Å². The van der Waals surface area contributed by atoms with Gasteiger partial charge in [-0.15, -0.1) is 0 Å². The van der Waals surface area contributed by atoms with Crippen LogP contribution in [0.3, 0.4) is 0 Å². The normalized spacial score (nSPS) is 26.6. The van der Waals surface area contributed by atoms with Crippen molar-refractivity contribution in [2.45, 2.75) is 31.5 Å². The van der Waals surface area contributed by atoms with Gasteiger partial charge in [-0.3, -0.25) is 14.3 Å². The van der Waals surface area contributed by atoms with E-state index in [-0.39, 0.29) is 13.0 Å². The highest BCUT2D eigenvalue weighted by Gasteiger charge is 2.42. The summed E-state index contributed by atoms with van der Waals surface area (Å²) in [5, 5.41) is 27.5. The largest absolute Gasteiger partial charge is 0.457 e. The van der Waals surface area contributed by atoms with E-state index < -0.39 is 36.5 Å². The third-order valence-electron chi connectivity index (χ3n) is 3.30. The Kier molecular flexibility index (Phi) is 3.90. The number of hydrogen-bond acceptors (Lipinski definition) is 6. The molecule has 0 saturated carbocycles. The van der Waals surface area contributed by atoms with E-state index in [2.05, 4.69) is 4.98 Å². The summed E-state index contributed by atoms with van der Waals surface area (Å²) in [5.74, 6) is -0.686. The SMILES string of the molecule is Cc1cn([C@H]2C[C@H](B(O)O)[C@@H](CO)O2)c(=O)[nH]c1=O. The van der Waals surface area contributed by atoms with Crippen molar-refractivity contribution < 1.29 is 19.9 Å². The van der Waals surface area contributed by atoms with Crippen molar-refractivity contribution >= 4 is 7.12 Å². The molecule has 0 aliphatic carbocycles. The quantitative estimate of drug-likeness (QED) is 0.469. The van der Waals surface area contributed by atoms with Crippen LogP contribution in [0.25, 0.3) is 0 Å². The average molecular weight is 270 g/mol. The second-order valence-corrected chi connectivity index (χ2v) is 4.60. The van der Waals surface area contributed by atoms with Crippen molar-refractivity contribution in [2.75, 3.05) is 6.61 Å². The van der Waals surface area contributed by atoms with Crippen molar-refractivity contribution in [1.29, 1.82) is 0 Å². The topological polar surface area (TPSA) is 125 Å². The van der Waals surface area contributed by atoms with E-state index in [1.54, 1.807) is 6.92 Å². The van der Waals surface area contributed by atoms with Crippen molar-refractivity contribution in [3.63, 3.8) is 0 Å². The van der Waals surface area contributed by atoms with Crippen LogP contribution in [0, 0.1) is 6.92 Å². The Balaban J connectivity index is 2.32. The molecule has 4 N–H and O–H groups in total. The minimum atomic E-state index is -1.64. The summed E-state index contributed by atoms with van der Waals surface area (Å²) in [6.07, 6.45) is 0.0110. The van der Waals surface area contributed by atoms with Crippen molar-refractivity contribution in [3.8, 4) is 0 Å². The average Bonchev–Trinajstić information content (AvgIpc) is 2.77. The van der Waals surface area contributed by atoms with Crippen LogP contribution < -0.4 is 11.2 Å². The second kappa shape index (κ2) is 5.29. The summed E-state index contributed by atoms with van der Waals surface area (Å²) >= 11 is 0. The Bertz CT molecular complexity index is 568. The van der Waals surface area contributed by atoms with Gasteiger partial charge in [-0.25, -0.2) is 4.79 Å². The molecule has 0 bridgehead atoms. The molecular formula is C10H15BN2O6. The number of aryl methyl sites for hydroxylation is 1. The van der Waals surface area contributed by atoms with Crippen LogP contribution in [0.2, 0.25) is 5.82 Å². The van der Waals surface area contributed by atoms with Gasteiger partial charge in [0.2, 0.25) is 0 Å². The molecule has 3 atom stereocenters. The minimum absolute atomic E-state index is 0.161. The molecule has 0 amide bonds. The van der Waals surface area contributed by atoms with Gasteiger partial charge in [0.15, 0.2) is 0 Å².